The van der Waals surface area contributed by atoms with Gasteiger partial charge >= 0.3 is 0 Å². The Labute approximate surface area is 75.8 Å². The van der Waals surface area contributed by atoms with E-state index in [2.05, 4.69) is 0 Å². The van der Waals surface area contributed by atoms with Gasteiger partial charge in [0.15, 0.2) is 5.76 Å². The number of hydrogen-bond donors (Lipinski definition) is 1. The second-order valence-electron chi connectivity index (χ2n) is 3.28. The van der Waals surface area contributed by atoms with Crippen molar-refractivity contribution in [1.82, 2.24) is 0 Å². The fourth-order valence-corrected chi connectivity index (χ4v) is 1.78. The van der Waals surface area contributed by atoms with E-state index in [-0.39, 0.29) is 0 Å². The Bertz CT molecular complexity index is 399. The first kappa shape index (κ1) is 6.83. The molecule has 3 nitrogen and oxygen atoms in total. The molecule has 2 aliphatic carbocycles. The number of rotatable bonds is 0. The van der Waals surface area contributed by atoms with Gasteiger partial charge in [-0.2, -0.15) is 0 Å². The highest BCUT2D eigenvalue weighted by Gasteiger charge is 2.25. The molecule has 0 aromatic heterocycles. The van der Waals surface area contributed by atoms with Crippen LogP contribution in [0.1, 0.15) is 6.42 Å². The predicted molar refractivity (Wildman–Crippen MR) is 47.1 cm³/mol. The van der Waals surface area contributed by atoms with Crippen molar-refractivity contribution in [2.45, 2.75) is 6.42 Å². The molecule has 3 heteroatoms. The Morgan fingerprint density at radius 1 is 1.15 bits per heavy atom. The molecule has 1 heterocycles. The van der Waals surface area contributed by atoms with Crippen LogP contribution in [0.4, 0.5) is 0 Å². The largest absolute Gasteiger partial charge is 0.458 e. The molecule has 0 aromatic carbocycles. The summed E-state index contributed by atoms with van der Waals surface area (Å²) in [7, 11) is 0. The normalized spacial score (nSPS) is 23.8. The molecular weight excluding hydrogens is 166 g/mol. The van der Waals surface area contributed by atoms with Crippen LogP contribution in [-0.2, 0) is 9.47 Å². The summed E-state index contributed by atoms with van der Waals surface area (Å²) in [4.78, 5) is 0. The number of hydrogen-bond acceptors (Lipinski definition) is 3. The summed E-state index contributed by atoms with van der Waals surface area (Å²) < 4.78 is 10.6. The summed E-state index contributed by atoms with van der Waals surface area (Å²) in [6, 6.07) is 0. The number of allylic oxidation sites excluding steroid dienone is 5. The van der Waals surface area contributed by atoms with Gasteiger partial charge in [-0.15, -0.1) is 0 Å². The van der Waals surface area contributed by atoms with Crippen LogP contribution < -0.4 is 5.73 Å². The van der Waals surface area contributed by atoms with Crippen LogP contribution in [0.15, 0.2) is 46.6 Å². The molecule has 0 saturated carbocycles. The van der Waals surface area contributed by atoms with E-state index in [0.717, 1.165) is 29.2 Å². The van der Waals surface area contributed by atoms with Gasteiger partial charge in [-0.05, 0) is 29.4 Å². The Morgan fingerprint density at radius 3 is 3.00 bits per heavy atom. The average Bonchev–Trinajstić information content (AvgIpc) is 2.63. The molecular formula is C10H9NO2. The maximum atomic E-state index is 5.69. The molecule has 0 unspecified atom stereocenters. The highest BCUT2D eigenvalue weighted by Crippen LogP contribution is 2.36. The third-order valence-electron chi connectivity index (χ3n) is 2.39. The quantitative estimate of drug-likeness (QED) is 0.603. The zero-order valence-corrected chi connectivity index (χ0v) is 7.04. The second-order valence-corrected chi connectivity index (χ2v) is 3.28. The van der Waals surface area contributed by atoms with Crippen LogP contribution in [0, 0.1) is 0 Å². The first-order chi connectivity index (χ1) is 6.33. The smallest absolute Gasteiger partial charge is 0.230 e. The molecule has 0 aromatic rings. The van der Waals surface area contributed by atoms with Gasteiger partial charge in [0.05, 0.1) is 0 Å². The molecule has 0 bridgehead atoms. The van der Waals surface area contributed by atoms with Crippen LogP contribution >= 0.6 is 0 Å². The lowest BCUT2D eigenvalue weighted by Gasteiger charge is -2.10. The fraction of sp³-hybridized carbons (Fsp3) is 0.200. The molecule has 3 aliphatic rings. The molecule has 0 saturated heterocycles. The van der Waals surface area contributed by atoms with E-state index in [0.29, 0.717) is 6.79 Å². The van der Waals surface area contributed by atoms with Crippen molar-refractivity contribution >= 4 is 0 Å². The van der Waals surface area contributed by atoms with Gasteiger partial charge in [-0.25, -0.2) is 0 Å². The third kappa shape index (κ3) is 0.900. The maximum absolute atomic E-state index is 5.69. The van der Waals surface area contributed by atoms with E-state index < -0.39 is 0 Å². The number of nitrogens with two attached hydrogens (primary N) is 1. The average molecular weight is 175 g/mol. The first-order valence-electron chi connectivity index (χ1n) is 4.21. The maximum Gasteiger partial charge on any atom is 0.230 e. The highest BCUT2D eigenvalue weighted by atomic mass is 16.7. The van der Waals surface area contributed by atoms with Crippen LogP contribution in [0.2, 0.25) is 0 Å². The number of ether oxygens (including phenoxy) is 2. The lowest BCUT2D eigenvalue weighted by atomic mass is 9.99. The molecule has 0 fully saturated rings. The molecule has 1 aliphatic heterocycles. The first-order valence-corrected chi connectivity index (χ1v) is 4.21. The Balaban J connectivity index is 2.06. The summed E-state index contributed by atoms with van der Waals surface area (Å²) >= 11 is 0. The van der Waals surface area contributed by atoms with Crippen LogP contribution in [0.3, 0.4) is 0 Å². The monoisotopic (exact) mass is 175 g/mol. The third-order valence-corrected chi connectivity index (χ3v) is 2.39. The van der Waals surface area contributed by atoms with Gasteiger partial charge in [0, 0.05) is 12.1 Å². The van der Waals surface area contributed by atoms with Crippen molar-refractivity contribution in [1.29, 1.82) is 0 Å². The van der Waals surface area contributed by atoms with Crippen molar-refractivity contribution in [3.05, 3.63) is 46.6 Å². The van der Waals surface area contributed by atoms with E-state index in [1.54, 1.807) is 0 Å². The van der Waals surface area contributed by atoms with Gasteiger partial charge in [0.25, 0.3) is 0 Å². The van der Waals surface area contributed by atoms with Gasteiger partial charge in [-0.3, -0.25) is 0 Å². The highest BCUT2D eigenvalue weighted by molar-refractivity contribution is 5.57. The van der Waals surface area contributed by atoms with E-state index >= 15 is 0 Å². The van der Waals surface area contributed by atoms with Gasteiger partial charge < -0.3 is 15.2 Å². The summed E-state index contributed by atoms with van der Waals surface area (Å²) in [5.74, 6) is 1.79. The Morgan fingerprint density at radius 2 is 2.08 bits per heavy atom. The lowest BCUT2D eigenvalue weighted by Crippen LogP contribution is -1.96. The summed E-state index contributed by atoms with van der Waals surface area (Å²) in [5.41, 5.74) is 8.87. The second kappa shape index (κ2) is 2.19. The zero-order chi connectivity index (χ0) is 8.84. The van der Waals surface area contributed by atoms with Crippen LogP contribution in [0.5, 0.6) is 0 Å². The molecule has 0 spiro atoms. The van der Waals surface area contributed by atoms with E-state index in [4.69, 9.17) is 15.2 Å². The molecule has 0 radical (unpaired) electrons. The standard InChI is InChI=1S/C10H9NO2/c11-8-1-6-3-9-10(13-5-12-9)4-7(6)2-8/h1-3H,4-5,11H2. The van der Waals surface area contributed by atoms with Crippen molar-refractivity contribution in [3.8, 4) is 0 Å². The number of fused-ring (bicyclic) bond motifs is 1. The Hall–Kier alpha value is -1.64. The van der Waals surface area contributed by atoms with Crippen molar-refractivity contribution in [3.63, 3.8) is 0 Å². The van der Waals surface area contributed by atoms with Crippen molar-refractivity contribution in [2.24, 2.45) is 5.73 Å². The van der Waals surface area contributed by atoms with Gasteiger partial charge in [0.1, 0.15) is 5.76 Å². The minimum atomic E-state index is 0.348. The van der Waals surface area contributed by atoms with Crippen LogP contribution in [0.25, 0.3) is 0 Å². The van der Waals surface area contributed by atoms with E-state index in [1.807, 2.05) is 18.2 Å². The minimum Gasteiger partial charge on any atom is -0.458 e. The van der Waals surface area contributed by atoms with Gasteiger partial charge in [-0.1, -0.05) is 0 Å². The lowest BCUT2D eigenvalue weighted by molar-refractivity contribution is 0.0736. The summed E-state index contributed by atoms with van der Waals surface area (Å²) in [6.45, 7) is 0.348. The summed E-state index contributed by atoms with van der Waals surface area (Å²) in [5, 5.41) is 0. The SMILES string of the molecule is NC1=CC2=CC3=C(CC2=C1)OCO3. The molecule has 0 atom stereocenters. The molecule has 3 rings (SSSR count). The fourth-order valence-electron chi connectivity index (χ4n) is 1.78. The molecule has 2 N–H and O–H groups in total. The van der Waals surface area contributed by atoms with Crippen molar-refractivity contribution in [2.75, 3.05) is 6.79 Å². The zero-order valence-electron chi connectivity index (χ0n) is 7.04. The van der Waals surface area contributed by atoms with Gasteiger partial charge in [0.2, 0.25) is 6.79 Å². The molecule has 0 amide bonds. The van der Waals surface area contributed by atoms with Crippen molar-refractivity contribution < 1.29 is 9.47 Å². The predicted octanol–water partition coefficient (Wildman–Crippen LogP) is 1.32. The van der Waals surface area contributed by atoms with Crippen LogP contribution in [-0.4, -0.2) is 6.79 Å². The topological polar surface area (TPSA) is 44.5 Å². The summed E-state index contributed by atoms with van der Waals surface area (Å²) in [6.07, 6.45) is 6.73. The molecule has 13 heavy (non-hydrogen) atoms. The van der Waals surface area contributed by atoms with E-state index in [9.17, 15) is 0 Å². The Kier molecular flexibility index (Phi) is 1.15. The van der Waals surface area contributed by atoms with E-state index in [1.165, 1.54) is 5.57 Å². The minimum absolute atomic E-state index is 0.348. The molecule has 66 valence electrons.